The van der Waals surface area contributed by atoms with Gasteiger partial charge in [-0.25, -0.2) is 4.79 Å². The van der Waals surface area contributed by atoms with E-state index in [1.165, 1.54) is 0 Å². The molecule has 0 radical (unpaired) electrons. The molecule has 0 aliphatic heterocycles. The van der Waals surface area contributed by atoms with Crippen LogP contribution in [0.5, 0.6) is 0 Å². The second kappa shape index (κ2) is 8.89. The largest absolute Gasteiger partial charge is 0.335 e. The predicted octanol–water partition coefficient (Wildman–Crippen LogP) is 3.10. The average Bonchev–Trinajstić information content (AvgIpc) is 3.35. The third-order valence-corrected chi connectivity index (χ3v) is 4.54. The van der Waals surface area contributed by atoms with Crippen molar-refractivity contribution >= 4 is 35.7 Å². The van der Waals surface area contributed by atoms with Crippen molar-refractivity contribution in [2.24, 2.45) is 11.1 Å². The van der Waals surface area contributed by atoms with E-state index in [4.69, 9.17) is 5.73 Å². The molecule has 5 N–H and O–H groups in total. The first-order valence-electron chi connectivity index (χ1n) is 8.22. The van der Waals surface area contributed by atoms with Crippen LogP contribution in [0.1, 0.15) is 39.5 Å². The van der Waals surface area contributed by atoms with Crippen LogP contribution in [-0.4, -0.2) is 24.5 Å². The van der Waals surface area contributed by atoms with Gasteiger partial charge in [0.05, 0.1) is 5.41 Å². The fourth-order valence-electron chi connectivity index (χ4n) is 2.43. The molecular weight excluding hydrogens is 328 g/mol. The minimum absolute atomic E-state index is 0. The highest BCUT2D eigenvalue weighted by atomic mass is 35.5. The molecule has 2 rings (SSSR count). The molecule has 6 nitrogen and oxygen atoms in total. The van der Waals surface area contributed by atoms with Gasteiger partial charge in [-0.2, -0.15) is 0 Å². The Hall–Kier alpha value is -1.79. The third-order valence-electron chi connectivity index (χ3n) is 4.54. The molecule has 134 valence electrons. The SMILES string of the molecule is CCC(CC)(CN)C(=O)Nc1ccc(NC(=O)NC2CC2)cc1.Cl. The molecule has 1 aromatic rings. The molecule has 24 heavy (non-hydrogen) atoms. The van der Waals surface area contributed by atoms with E-state index >= 15 is 0 Å². The van der Waals surface area contributed by atoms with Crippen LogP contribution in [0.3, 0.4) is 0 Å². The molecule has 0 heterocycles. The summed E-state index contributed by atoms with van der Waals surface area (Å²) in [6.07, 6.45) is 3.51. The summed E-state index contributed by atoms with van der Waals surface area (Å²) in [7, 11) is 0. The molecule has 1 aromatic carbocycles. The van der Waals surface area contributed by atoms with Crippen LogP contribution in [0, 0.1) is 5.41 Å². The summed E-state index contributed by atoms with van der Waals surface area (Å²) in [6.45, 7) is 4.27. The molecule has 0 spiro atoms. The highest BCUT2D eigenvalue weighted by Crippen LogP contribution is 2.27. The average molecular weight is 355 g/mol. The van der Waals surface area contributed by atoms with Gasteiger partial charge in [0.15, 0.2) is 0 Å². The monoisotopic (exact) mass is 354 g/mol. The highest BCUT2D eigenvalue weighted by molar-refractivity contribution is 5.96. The number of urea groups is 1. The normalized spacial score (nSPS) is 13.6. The van der Waals surface area contributed by atoms with E-state index in [2.05, 4.69) is 16.0 Å². The Bertz CT molecular complexity index is 546. The maximum absolute atomic E-state index is 12.4. The lowest BCUT2D eigenvalue weighted by Crippen LogP contribution is -2.41. The lowest BCUT2D eigenvalue weighted by molar-refractivity contribution is -0.125. The van der Waals surface area contributed by atoms with Crippen molar-refractivity contribution in [2.45, 2.75) is 45.6 Å². The van der Waals surface area contributed by atoms with Gasteiger partial charge in [-0.3, -0.25) is 4.79 Å². The van der Waals surface area contributed by atoms with Gasteiger partial charge in [-0.1, -0.05) is 13.8 Å². The van der Waals surface area contributed by atoms with Crippen molar-refractivity contribution in [3.05, 3.63) is 24.3 Å². The Morgan fingerprint density at radius 1 is 1.08 bits per heavy atom. The quantitative estimate of drug-likeness (QED) is 0.605. The number of nitrogens with one attached hydrogen (secondary N) is 3. The first kappa shape index (κ1) is 20.3. The zero-order chi connectivity index (χ0) is 16.9. The van der Waals surface area contributed by atoms with E-state index in [0.717, 1.165) is 12.8 Å². The number of hydrogen-bond donors (Lipinski definition) is 4. The van der Waals surface area contributed by atoms with E-state index in [9.17, 15) is 9.59 Å². The molecule has 1 saturated carbocycles. The number of rotatable bonds is 7. The zero-order valence-electron chi connectivity index (χ0n) is 14.2. The van der Waals surface area contributed by atoms with Crippen LogP contribution >= 0.6 is 12.4 Å². The Kier molecular flexibility index (Phi) is 7.51. The highest BCUT2D eigenvalue weighted by Gasteiger charge is 2.33. The summed E-state index contributed by atoms with van der Waals surface area (Å²) < 4.78 is 0. The molecule has 1 aliphatic carbocycles. The maximum Gasteiger partial charge on any atom is 0.319 e. The number of benzene rings is 1. The van der Waals surface area contributed by atoms with Crippen LogP contribution in [0.15, 0.2) is 24.3 Å². The van der Waals surface area contributed by atoms with Crippen molar-refractivity contribution < 1.29 is 9.59 Å². The Morgan fingerprint density at radius 3 is 2.00 bits per heavy atom. The van der Waals surface area contributed by atoms with Gasteiger partial charge in [0, 0.05) is 24.0 Å². The molecule has 0 unspecified atom stereocenters. The first-order valence-corrected chi connectivity index (χ1v) is 8.22. The summed E-state index contributed by atoms with van der Waals surface area (Å²) >= 11 is 0. The molecular formula is C17H27ClN4O2. The van der Waals surface area contributed by atoms with Gasteiger partial charge >= 0.3 is 6.03 Å². The minimum Gasteiger partial charge on any atom is -0.335 e. The fourth-order valence-corrected chi connectivity index (χ4v) is 2.43. The summed E-state index contributed by atoms with van der Waals surface area (Å²) in [5, 5.41) is 8.54. The number of amides is 3. The van der Waals surface area contributed by atoms with Gasteiger partial charge in [0.1, 0.15) is 0 Å². The van der Waals surface area contributed by atoms with Crippen molar-refractivity contribution in [2.75, 3.05) is 17.2 Å². The van der Waals surface area contributed by atoms with Crippen molar-refractivity contribution in [3.8, 4) is 0 Å². The smallest absolute Gasteiger partial charge is 0.319 e. The topological polar surface area (TPSA) is 96.2 Å². The van der Waals surface area contributed by atoms with Crippen LogP contribution in [0.2, 0.25) is 0 Å². The lowest BCUT2D eigenvalue weighted by Gasteiger charge is -2.28. The van der Waals surface area contributed by atoms with Crippen molar-refractivity contribution in [3.63, 3.8) is 0 Å². The van der Waals surface area contributed by atoms with Gasteiger partial charge in [-0.15, -0.1) is 12.4 Å². The molecule has 1 fully saturated rings. The van der Waals surface area contributed by atoms with Crippen molar-refractivity contribution in [1.29, 1.82) is 0 Å². The summed E-state index contributed by atoms with van der Waals surface area (Å²) in [6, 6.07) is 7.22. The van der Waals surface area contributed by atoms with Gasteiger partial charge in [0.2, 0.25) is 5.91 Å². The summed E-state index contributed by atoms with van der Waals surface area (Å²) in [5.41, 5.74) is 6.65. The maximum atomic E-state index is 12.4. The fraction of sp³-hybridized carbons (Fsp3) is 0.529. The number of hydrogen-bond acceptors (Lipinski definition) is 3. The Balaban J connectivity index is 0.00000288. The molecule has 3 amide bonds. The van der Waals surface area contributed by atoms with Gasteiger partial charge in [0.25, 0.3) is 0 Å². The number of nitrogens with two attached hydrogens (primary N) is 1. The van der Waals surface area contributed by atoms with Crippen LogP contribution < -0.4 is 21.7 Å². The Labute approximate surface area is 149 Å². The number of carbonyl (C=O) groups excluding carboxylic acids is 2. The lowest BCUT2D eigenvalue weighted by atomic mass is 9.81. The zero-order valence-corrected chi connectivity index (χ0v) is 15.0. The molecule has 0 bridgehead atoms. The van der Waals surface area contributed by atoms with Crippen molar-refractivity contribution in [1.82, 2.24) is 5.32 Å². The molecule has 0 aromatic heterocycles. The second-order valence-corrected chi connectivity index (χ2v) is 6.10. The van der Waals surface area contributed by atoms with Gasteiger partial charge < -0.3 is 21.7 Å². The molecule has 0 saturated heterocycles. The summed E-state index contributed by atoms with van der Waals surface area (Å²) in [5.74, 6) is -0.0582. The van der Waals surface area contributed by atoms with E-state index in [0.29, 0.717) is 36.8 Å². The van der Waals surface area contributed by atoms with Crippen LogP contribution in [0.4, 0.5) is 16.2 Å². The van der Waals surface area contributed by atoms with Crippen LogP contribution in [0.25, 0.3) is 0 Å². The first-order chi connectivity index (χ1) is 11.0. The van der Waals surface area contributed by atoms with E-state index in [1.54, 1.807) is 24.3 Å². The van der Waals surface area contributed by atoms with E-state index in [-0.39, 0.29) is 24.3 Å². The Morgan fingerprint density at radius 2 is 1.58 bits per heavy atom. The number of halogens is 1. The van der Waals surface area contributed by atoms with E-state index < -0.39 is 5.41 Å². The molecule has 7 heteroatoms. The van der Waals surface area contributed by atoms with E-state index in [1.807, 2.05) is 13.8 Å². The second-order valence-electron chi connectivity index (χ2n) is 6.10. The molecule has 0 atom stereocenters. The number of anilines is 2. The molecule has 1 aliphatic rings. The standard InChI is InChI=1S/C17H26N4O2.ClH/c1-3-17(4-2,11-18)15(22)19-12-5-7-13(8-6-12)20-16(23)21-14-9-10-14;/h5-8,14H,3-4,9-11,18H2,1-2H3,(H,19,22)(H2,20,21,23);1H. The third kappa shape index (κ3) is 5.11. The minimum atomic E-state index is -0.527. The number of carbonyl (C=O) groups is 2. The predicted molar refractivity (Wildman–Crippen MR) is 99.6 cm³/mol. The van der Waals surface area contributed by atoms with Crippen LogP contribution in [-0.2, 0) is 4.79 Å². The summed E-state index contributed by atoms with van der Waals surface area (Å²) in [4.78, 5) is 24.1. The van der Waals surface area contributed by atoms with Gasteiger partial charge in [-0.05, 0) is 49.9 Å².